The molecule has 0 bridgehead atoms. The predicted molar refractivity (Wildman–Crippen MR) is 130 cm³/mol. The van der Waals surface area contributed by atoms with E-state index in [1.54, 1.807) is 19.2 Å². The zero-order valence-electron chi connectivity index (χ0n) is 20.3. The molecule has 2 aliphatic heterocycles. The number of hydrazone groups is 1. The number of likely N-dealkylation sites (N-methyl/N-ethyl adjacent to an activating group) is 1. The second-order valence-corrected chi connectivity index (χ2v) is 9.01. The predicted octanol–water partition coefficient (Wildman–Crippen LogP) is 3.25. The average Bonchev–Trinajstić information content (AvgIpc) is 3.25. The Hall–Kier alpha value is -2.90. The van der Waals surface area contributed by atoms with Gasteiger partial charge < -0.3 is 14.4 Å². The van der Waals surface area contributed by atoms with Crippen molar-refractivity contribution in [2.75, 3.05) is 54.0 Å². The van der Waals surface area contributed by atoms with Crippen molar-refractivity contribution < 1.29 is 14.3 Å². The van der Waals surface area contributed by atoms with Crippen LogP contribution >= 0.6 is 0 Å². The number of carbonyl (C=O) groups excluding carboxylic acids is 1. The van der Waals surface area contributed by atoms with E-state index in [1.165, 1.54) is 11.1 Å². The van der Waals surface area contributed by atoms with Gasteiger partial charge in [-0.15, -0.1) is 0 Å². The van der Waals surface area contributed by atoms with Gasteiger partial charge in [0, 0.05) is 49.8 Å². The third-order valence-electron chi connectivity index (χ3n) is 6.61. The summed E-state index contributed by atoms with van der Waals surface area (Å²) >= 11 is 0. The number of piperazine rings is 1. The fourth-order valence-electron chi connectivity index (χ4n) is 4.65. The topological polar surface area (TPSA) is 57.6 Å². The summed E-state index contributed by atoms with van der Waals surface area (Å²) in [5.41, 5.74) is 5.34. The van der Waals surface area contributed by atoms with Crippen LogP contribution in [-0.4, -0.2) is 80.4 Å². The van der Waals surface area contributed by atoms with Gasteiger partial charge in [-0.3, -0.25) is 9.69 Å². The zero-order chi connectivity index (χ0) is 23.5. The van der Waals surface area contributed by atoms with Crippen LogP contribution in [-0.2, 0) is 4.79 Å². The number of aryl methyl sites for hydroxylation is 2. The Kier molecular flexibility index (Phi) is 7.00. The molecule has 7 nitrogen and oxygen atoms in total. The van der Waals surface area contributed by atoms with E-state index < -0.39 is 0 Å². The van der Waals surface area contributed by atoms with Crippen molar-refractivity contribution in [3.05, 3.63) is 58.7 Å². The number of carbonyl (C=O) groups is 1. The monoisotopic (exact) mass is 450 g/mol. The summed E-state index contributed by atoms with van der Waals surface area (Å²) in [5, 5.41) is 6.56. The summed E-state index contributed by atoms with van der Waals surface area (Å²) in [6.07, 6.45) is 0.640. The van der Waals surface area contributed by atoms with Crippen molar-refractivity contribution in [2.24, 2.45) is 5.10 Å². The Bertz CT molecular complexity index is 1040. The zero-order valence-corrected chi connectivity index (χ0v) is 20.3. The highest BCUT2D eigenvalue weighted by Crippen LogP contribution is 2.39. The van der Waals surface area contributed by atoms with Gasteiger partial charge in [0.25, 0.3) is 5.91 Å². The van der Waals surface area contributed by atoms with Gasteiger partial charge in [-0.05, 0) is 38.6 Å². The second kappa shape index (κ2) is 9.93. The smallest absolute Gasteiger partial charge is 0.257 e. The number of rotatable bonds is 6. The third kappa shape index (κ3) is 5.04. The molecule has 2 aromatic rings. The summed E-state index contributed by atoms with van der Waals surface area (Å²) in [5.74, 6) is 1.44. The molecule has 1 amide bonds. The van der Waals surface area contributed by atoms with Crippen molar-refractivity contribution in [1.29, 1.82) is 0 Å². The maximum absolute atomic E-state index is 13.5. The van der Waals surface area contributed by atoms with Crippen LogP contribution in [0.2, 0.25) is 0 Å². The highest BCUT2D eigenvalue weighted by molar-refractivity contribution is 6.04. The molecule has 2 aliphatic rings. The normalized spacial score (nSPS) is 19.5. The lowest BCUT2D eigenvalue weighted by atomic mass is 9.94. The van der Waals surface area contributed by atoms with Crippen LogP contribution in [0.4, 0.5) is 0 Å². The first-order chi connectivity index (χ1) is 15.9. The molecule has 0 aromatic heterocycles. The Morgan fingerprint density at radius 2 is 1.79 bits per heavy atom. The SMILES string of the molecule is COc1ccc([C@@H]2CC(c3ccc(C)cc3C)=NN2C(=O)CN2CCN(C)CC2)c(OC)c1. The van der Waals surface area contributed by atoms with Crippen molar-refractivity contribution in [3.63, 3.8) is 0 Å². The molecule has 7 heteroatoms. The van der Waals surface area contributed by atoms with Crippen molar-refractivity contribution >= 4 is 11.6 Å². The van der Waals surface area contributed by atoms with Gasteiger partial charge in [0.15, 0.2) is 0 Å². The van der Waals surface area contributed by atoms with Crippen LogP contribution in [0.5, 0.6) is 11.5 Å². The Balaban J connectivity index is 1.66. The van der Waals surface area contributed by atoms with Gasteiger partial charge in [-0.1, -0.05) is 23.8 Å². The van der Waals surface area contributed by atoms with Gasteiger partial charge in [0.1, 0.15) is 11.5 Å². The molecule has 0 aliphatic carbocycles. The number of ether oxygens (including phenoxy) is 2. The lowest BCUT2D eigenvalue weighted by Crippen LogP contribution is -2.48. The fourth-order valence-corrected chi connectivity index (χ4v) is 4.65. The molecule has 0 saturated carbocycles. The molecular weight excluding hydrogens is 416 g/mol. The van der Waals surface area contributed by atoms with E-state index in [-0.39, 0.29) is 11.9 Å². The van der Waals surface area contributed by atoms with Crippen LogP contribution < -0.4 is 9.47 Å². The minimum atomic E-state index is -0.221. The van der Waals surface area contributed by atoms with Gasteiger partial charge >= 0.3 is 0 Å². The van der Waals surface area contributed by atoms with E-state index in [9.17, 15) is 4.79 Å². The van der Waals surface area contributed by atoms with Gasteiger partial charge in [-0.2, -0.15) is 5.10 Å². The van der Waals surface area contributed by atoms with Crippen LogP contribution in [0, 0.1) is 13.8 Å². The van der Waals surface area contributed by atoms with Crippen molar-refractivity contribution in [3.8, 4) is 11.5 Å². The number of methoxy groups -OCH3 is 2. The molecule has 4 rings (SSSR count). The summed E-state index contributed by atoms with van der Waals surface area (Å²) in [7, 11) is 5.40. The summed E-state index contributed by atoms with van der Waals surface area (Å²) in [4.78, 5) is 18.0. The number of nitrogens with zero attached hydrogens (tertiary/aromatic N) is 4. The number of benzene rings is 2. The lowest BCUT2D eigenvalue weighted by Gasteiger charge is -2.33. The summed E-state index contributed by atoms with van der Waals surface area (Å²) in [6, 6.07) is 11.9. The molecule has 0 spiro atoms. The third-order valence-corrected chi connectivity index (χ3v) is 6.61. The van der Waals surface area contributed by atoms with E-state index in [2.05, 4.69) is 48.9 Å². The van der Waals surface area contributed by atoms with Crippen LogP contribution in [0.1, 0.15) is 34.7 Å². The maximum atomic E-state index is 13.5. The molecule has 2 aromatic carbocycles. The molecular formula is C26H34N4O3. The average molecular weight is 451 g/mol. The first-order valence-corrected chi connectivity index (χ1v) is 11.5. The molecule has 33 heavy (non-hydrogen) atoms. The highest BCUT2D eigenvalue weighted by Gasteiger charge is 2.36. The minimum Gasteiger partial charge on any atom is -0.497 e. The fraction of sp³-hybridized carbons (Fsp3) is 0.462. The first-order valence-electron chi connectivity index (χ1n) is 11.5. The lowest BCUT2D eigenvalue weighted by molar-refractivity contribution is -0.134. The highest BCUT2D eigenvalue weighted by atomic mass is 16.5. The van der Waals surface area contributed by atoms with E-state index >= 15 is 0 Å². The van der Waals surface area contributed by atoms with Crippen LogP contribution in [0.15, 0.2) is 41.5 Å². The Morgan fingerprint density at radius 3 is 2.45 bits per heavy atom. The molecule has 0 unspecified atom stereocenters. The maximum Gasteiger partial charge on any atom is 0.257 e. The van der Waals surface area contributed by atoms with Gasteiger partial charge in [0.05, 0.1) is 32.5 Å². The molecule has 0 N–H and O–H groups in total. The molecule has 176 valence electrons. The largest absolute Gasteiger partial charge is 0.497 e. The molecule has 1 atom stereocenters. The van der Waals surface area contributed by atoms with Crippen LogP contribution in [0.3, 0.4) is 0 Å². The number of amides is 1. The van der Waals surface area contributed by atoms with Crippen molar-refractivity contribution in [1.82, 2.24) is 14.8 Å². The van der Waals surface area contributed by atoms with Crippen LogP contribution in [0.25, 0.3) is 0 Å². The summed E-state index contributed by atoms with van der Waals surface area (Å²) in [6.45, 7) is 8.28. The van der Waals surface area contributed by atoms with E-state index in [1.807, 2.05) is 18.2 Å². The number of hydrogen-bond acceptors (Lipinski definition) is 6. The van der Waals surface area contributed by atoms with E-state index in [0.29, 0.717) is 18.7 Å². The minimum absolute atomic E-state index is 0.0159. The Labute approximate surface area is 196 Å². The number of hydrogen-bond donors (Lipinski definition) is 0. The van der Waals surface area contributed by atoms with Gasteiger partial charge in [0.2, 0.25) is 0 Å². The molecule has 1 saturated heterocycles. The Morgan fingerprint density at radius 1 is 1.03 bits per heavy atom. The standard InChI is InChI=1S/C26H34N4O3/c1-18-6-8-21(19(2)14-18)23-16-24(22-9-7-20(32-4)15-25(22)33-5)30(27-23)26(31)17-29-12-10-28(3)11-13-29/h6-9,14-15,24H,10-13,16-17H2,1-5H3/t24-/m0/s1. The quantitative estimate of drug-likeness (QED) is 0.676. The summed E-state index contributed by atoms with van der Waals surface area (Å²) < 4.78 is 11.1. The van der Waals surface area contributed by atoms with E-state index in [4.69, 9.17) is 14.6 Å². The van der Waals surface area contributed by atoms with Crippen molar-refractivity contribution in [2.45, 2.75) is 26.3 Å². The molecule has 0 radical (unpaired) electrons. The molecule has 1 fully saturated rings. The first kappa shape index (κ1) is 23.3. The van der Waals surface area contributed by atoms with E-state index in [0.717, 1.165) is 48.8 Å². The second-order valence-electron chi connectivity index (χ2n) is 9.01. The molecule has 2 heterocycles. The van der Waals surface area contributed by atoms with Gasteiger partial charge in [-0.25, -0.2) is 5.01 Å².